The van der Waals surface area contributed by atoms with E-state index in [1.807, 2.05) is 57.2 Å². The number of nitrogens with zero attached hydrogens (tertiary/aromatic N) is 6. The average Bonchev–Trinajstić information content (AvgIpc) is 2.94. The molecule has 0 radical (unpaired) electrons. The van der Waals surface area contributed by atoms with Gasteiger partial charge in [0.05, 0.1) is 28.9 Å². The monoisotopic (exact) mass is 518 g/mol. The number of hydrogen-bond donors (Lipinski definition) is 2. The van der Waals surface area contributed by atoms with Crippen molar-refractivity contribution in [2.24, 2.45) is 5.73 Å². The molecular weight excluding hydrogens is 492 g/mol. The molecule has 4 aromatic rings. The second-order valence-electron chi connectivity index (χ2n) is 8.91. The molecule has 3 heterocycles. The van der Waals surface area contributed by atoms with Gasteiger partial charge in [-0.25, -0.2) is 15.0 Å². The Morgan fingerprint density at radius 3 is 2.36 bits per heavy atom. The maximum Gasteiger partial charge on any atom is 0.239 e. The fourth-order valence-corrected chi connectivity index (χ4v) is 3.63. The van der Waals surface area contributed by atoms with Crippen LogP contribution in [0.25, 0.3) is 33.8 Å². The molecule has 0 atom stereocenters. The van der Waals surface area contributed by atoms with Crippen molar-refractivity contribution in [3.05, 3.63) is 78.4 Å². The maximum atomic E-state index is 11.8. The SMILES string of the molecule is Cc1ccc(-c2ccnc(C(C)(C)C#N)c2)cc1-c1ccnc(-c2ccnc(NC(=O)CC#N)c2)n1.NC=O. The highest BCUT2D eigenvalue weighted by Crippen LogP contribution is 2.31. The molecule has 0 fully saturated rings. The topological polar surface area (TPSA) is 171 Å². The number of aromatic nitrogens is 4. The number of amides is 2. The van der Waals surface area contributed by atoms with Gasteiger partial charge in [0, 0.05) is 29.7 Å². The van der Waals surface area contributed by atoms with E-state index in [0.717, 1.165) is 27.9 Å². The normalized spacial score (nSPS) is 10.3. The molecule has 10 heteroatoms. The van der Waals surface area contributed by atoms with Gasteiger partial charge in [0.25, 0.3) is 0 Å². The van der Waals surface area contributed by atoms with Gasteiger partial charge in [0.2, 0.25) is 12.3 Å². The van der Waals surface area contributed by atoms with Gasteiger partial charge in [0.1, 0.15) is 12.2 Å². The lowest BCUT2D eigenvalue weighted by molar-refractivity contribution is -0.115. The van der Waals surface area contributed by atoms with E-state index in [-0.39, 0.29) is 12.8 Å². The van der Waals surface area contributed by atoms with Crippen LogP contribution in [0.15, 0.2) is 67.1 Å². The fraction of sp³-hybridized carbons (Fsp3) is 0.172. The van der Waals surface area contributed by atoms with Crippen molar-refractivity contribution in [1.29, 1.82) is 10.5 Å². The van der Waals surface area contributed by atoms with E-state index in [2.05, 4.69) is 38.1 Å². The third-order valence-electron chi connectivity index (χ3n) is 5.71. The number of primary amides is 1. The minimum absolute atomic E-state index is 0.250. The van der Waals surface area contributed by atoms with Crippen LogP contribution >= 0.6 is 0 Å². The van der Waals surface area contributed by atoms with Crippen LogP contribution in [0.5, 0.6) is 0 Å². The van der Waals surface area contributed by atoms with Crippen molar-refractivity contribution < 1.29 is 9.59 Å². The van der Waals surface area contributed by atoms with Gasteiger partial charge < -0.3 is 11.1 Å². The molecule has 39 heavy (non-hydrogen) atoms. The number of nitrogens with one attached hydrogen (secondary N) is 1. The lowest BCUT2D eigenvalue weighted by atomic mass is 9.89. The summed E-state index contributed by atoms with van der Waals surface area (Å²) in [5, 5.41) is 20.8. The minimum atomic E-state index is -0.692. The first kappa shape index (κ1) is 28.1. The largest absolute Gasteiger partial charge is 0.372 e. The summed E-state index contributed by atoms with van der Waals surface area (Å²) < 4.78 is 0. The molecule has 3 N–H and O–H groups in total. The molecule has 0 saturated heterocycles. The second kappa shape index (κ2) is 12.7. The predicted octanol–water partition coefficient (Wildman–Crippen LogP) is 4.33. The van der Waals surface area contributed by atoms with Crippen molar-refractivity contribution >= 4 is 18.1 Å². The quantitative estimate of drug-likeness (QED) is 0.355. The van der Waals surface area contributed by atoms with Crippen LogP contribution in [0.3, 0.4) is 0 Å². The lowest BCUT2D eigenvalue weighted by Crippen LogP contribution is -2.15. The zero-order valence-electron chi connectivity index (χ0n) is 21.7. The summed E-state index contributed by atoms with van der Waals surface area (Å²) in [5.41, 5.74) is 9.57. The molecule has 0 bridgehead atoms. The zero-order chi connectivity index (χ0) is 28.4. The number of carbonyl (C=O) groups is 2. The summed E-state index contributed by atoms with van der Waals surface area (Å²) in [7, 11) is 0. The van der Waals surface area contributed by atoms with Crippen LogP contribution in [0.4, 0.5) is 5.82 Å². The Labute approximate surface area is 226 Å². The van der Waals surface area contributed by atoms with E-state index in [9.17, 15) is 10.1 Å². The molecule has 0 aliphatic rings. The smallest absolute Gasteiger partial charge is 0.239 e. The number of nitrogens with two attached hydrogens (primary N) is 1. The van der Waals surface area contributed by atoms with Crippen molar-refractivity contribution in [3.63, 3.8) is 0 Å². The maximum absolute atomic E-state index is 11.8. The van der Waals surface area contributed by atoms with E-state index >= 15 is 0 Å². The molecule has 10 nitrogen and oxygen atoms in total. The van der Waals surface area contributed by atoms with Crippen molar-refractivity contribution in [2.45, 2.75) is 32.6 Å². The molecule has 2 amide bonds. The van der Waals surface area contributed by atoms with Crippen molar-refractivity contribution in [1.82, 2.24) is 19.9 Å². The Hall–Kier alpha value is -5.48. The van der Waals surface area contributed by atoms with Crippen LogP contribution in [0.1, 0.15) is 31.5 Å². The Bertz CT molecular complexity index is 1580. The first-order valence-corrected chi connectivity index (χ1v) is 11.8. The predicted molar refractivity (Wildman–Crippen MR) is 146 cm³/mol. The Balaban J connectivity index is 0.00000134. The number of nitriles is 2. The van der Waals surface area contributed by atoms with E-state index in [1.54, 1.807) is 30.7 Å². The Morgan fingerprint density at radius 1 is 0.974 bits per heavy atom. The average molecular weight is 519 g/mol. The number of benzene rings is 1. The van der Waals surface area contributed by atoms with E-state index in [1.165, 1.54) is 0 Å². The highest BCUT2D eigenvalue weighted by Gasteiger charge is 2.22. The van der Waals surface area contributed by atoms with E-state index in [4.69, 9.17) is 15.0 Å². The minimum Gasteiger partial charge on any atom is -0.372 e. The standard InChI is InChI=1S/C28H23N7O.CH3NO/c1-18-4-5-19(20-7-11-31-24(15-20)28(2,3)17-30)14-22(18)23-9-13-33-27(34-23)21-8-12-32-25(16-21)35-26(36)6-10-29;2-1-3/h4-5,7-9,11-16H,6H2,1-3H3,(H,32,35,36);1H,(H2,2,3). The van der Waals surface area contributed by atoms with Gasteiger partial charge in [-0.05, 0) is 73.9 Å². The molecule has 194 valence electrons. The van der Waals surface area contributed by atoms with Crippen LogP contribution in [-0.4, -0.2) is 32.3 Å². The molecule has 0 unspecified atom stereocenters. The number of pyridine rings is 2. The van der Waals surface area contributed by atoms with Gasteiger partial charge in [-0.15, -0.1) is 0 Å². The lowest BCUT2D eigenvalue weighted by Gasteiger charge is -2.16. The number of anilines is 1. The van der Waals surface area contributed by atoms with Crippen LogP contribution < -0.4 is 11.1 Å². The van der Waals surface area contributed by atoms with Gasteiger partial charge in [0.15, 0.2) is 5.82 Å². The van der Waals surface area contributed by atoms with Gasteiger partial charge >= 0.3 is 0 Å². The highest BCUT2D eigenvalue weighted by molar-refractivity contribution is 5.91. The van der Waals surface area contributed by atoms with Gasteiger partial charge in [-0.2, -0.15) is 10.5 Å². The molecule has 3 aromatic heterocycles. The number of aryl methyl sites for hydroxylation is 1. The molecular formula is C29H26N8O2. The number of rotatable bonds is 6. The molecule has 1 aromatic carbocycles. The molecule has 0 aliphatic carbocycles. The first-order valence-electron chi connectivity index (χ1n) is 11.8. The molecule has 0 spiro atoms. The summed E-state index contributed by atoms with van der Waals surface area (Å²) in [6.07, 6.45) is 4.98. The van der Waals surface area contributed by atoms with Gasteiger partial charge in [-0.3, -0.25) is 14.6 Å². The summed E-state index contributed by atoms with van der Waals surface area (Å²) >= 11 is 0. The number of carbonyl (C=O) groups excluding carboxylic acids is 2. The molecule has 0 saturated carbocycles. The zero-order valence-corrected chi connectivity index (χ0v) is 21.7. The number of hydrogen-bond acceptors (Lipinski definition) is 8. The van der Waals surface area contributed by atoms with Crippen LogP contribution in [0.2, 0.25) is 0 Å². The van der Waals surface area contributed by atoms with E-state index < -0.39 is 11.3 Å². The Kier molecular flexibility index (Phi) is 9.12. The first-order chi connectivity index (χ1) is 18.7. The summed E-state index contributed by atoms with van der Waals surface area (Å²) in [6, 6.07) is 19.4. The summed E-state index contributed by atoms with van der Waals surface area (Å²) in [6.45, 7) is 5.72. The Morgan fingerprint density at radius 2 is 1.64 bits per heavy atom. The van der Waals surface area contributed by atoms with Crippen molar-refractivity contribution in [3.8, 4) is 45.9 Å². The molecule has 4 rings (SSSR count). The van der Waals surface area contributed by atoms with E-state index in [0.29, 0.717) is 22.9 Å². The third kappa shape index (κ3) is 7.06. The third-order valence-corrected chi connectivity index (χ3v) is 5.71. The fourth-order valence-electron chi connectivity index (χ4n) is 3.63. The highest BCUT2D eigenvalue weighted by atomic mass is 16.1. The summed E-state index contributed by atoms with van der Waals surface area (Å²) in [5.74, 6) is 0.382. The van der Waals surface area contributed by atoms with Crippen LogP contribution in [0, 0.1) is 29.6 Å². The second-order valence-corrected chi connectivity index (χ2v) is 8.91. The van der Waals surface area contributed by atoms with Crippen molar-refractivity contribution in [2.75, 3.05) is 5.32 Å². The van der Waals surface area contributed by atoms with Gasteiger partial charge in [-0.1, -0.05) is 12.1 Å². The van der Waals surface area contributed by atoms with Crippen LogP contribution in [-0.2, 0) is 15.0 Å². The summed E-state index contributed by atoms with van der Waals surface area (Å²) in [4.78, 5) is 38.1. The molecule has 0 aliphatic heterocycles.